The van der Waals surface area contributed by atoms with E-state index in [1.807, 2.05) is 0 Å². The largest absolute Gasteiger partial charge is 0.308 e. The summed E-state index contributed by atoms with van der Waals surface area (Å²) in [6.07, 6.45) is 13.6. The third-order valence-corrected chi connectivity index (χ3v) is 14.2. The minimum atomic E-state index is 0.0778. The number of benzene rings is 4. The van der Waals surface area contributed by atoms with Gasteiger partial charge in [-0.05, 0) is 140 Å². The summed E-state index contributed by atoms with van der Waals surface area (Å²) in [7, 11) is 0. The molecule has 0 N–H and O–H groups in total. The van der Waals surface area contributed by atoms with E-state index in [1.54, 1.807) is 0 Å². The maximum atomic E-state index is 14.0. The van der Waals surface area contributed by atoms with Gasteiger partial charge in [0.15, 0.2) is 11.6 Å². The predicted octanol–water partition coefficient (Wildman–Crippen LogP) is 10.6. The highest BCUT2D eigenvalue weighted by molar-refractivity contribution is 6.29. The summed E-state index contributed by atoms with van der Waals surface area (Å²) in [6, 6.07) is 21.3. The zero-order valence-electron chi connectivity index (χ0n) is 26.3. The van der Waals surface area contributed by atoms with Crippen LogP contribution in [-0.2, 0) is 5.41 Å². The van der Waals surface area contributed by atoms with Crippen molar-refractivity contribution < 1.29 is 9.59 Å². The van der Waals surface area contributed by atoms with E-state index in [1.165, 1.54) is 86.1 Å². The summed E-state index contributed by atoms with van der Waals surface area (Å²) in [4.78, 5) is 28.0. The molecule has 3 nitrogen and oxygen atoms in total. The van der Waals surface area contributed by atoms with Crippen LogP contribution in [0.2, 0.25) is 0 Å². The normalized spacial score (nSPS) is 27.2. The number of ketones is 2. The fourth-order valence-corrected chi connectivity index (χ4v) is 12.1. The topological polar surface area (TPSA) is 38.5 Å². The molecular weight excluding hydrogens is 562 g/mol. The van der Waals surface area contributed by atoms with Crippen LogP contribution in [0.5, 0.6) is 0 Å². The van der Waals surface area contributed by atoms with E-state index in [0.29, 0.717) is 23.4 Å². The first-order valence-corrected chi connectivity index (χ1v) is 18.2. The van der Waals surface area contributed by atoms with E-state index in [-0.39, 0.29) is 17.3 Å². The Bertz CT molecular complexity index is 2380. The van der Waals surface area contributed by atoms with Crippen LogP contribution in [0.3, 0.4) is 0 Å². The van der Waals surface area contributed by atoms with E-state index in [9.17, 15) is 9.59 Å². The predicted molar refractivity (Wildman–Crippen MR) is 184 cm³/mol. The van der Waals surface area contributed by atoms with Crippen molar-refractivity contribution in [2.75, 3.05) is 0 Å². The molecular formula is C43H37NO2. The molecule has 3 saturated carbocycles. The number of hydrogen-bond donors (Lipinski definition) is 0. The molecule has 8 aliphatic rings. The molecule has 226 valence electrons. The number of carbonyl (C=O) groups is 2. The van der Waals surface area contributed by atoms with Crippen LogP contribution < -0.4 is 0 Å². The molecule has 0 unspecified atom stereocenters. The van der Waals surface area contributed by atoms with Crippen molar-refractivity contribution in [1.29, 1.82) is 0 Å². The standard InChI is InChI=1S/C43H37NO2/c45-41-24-11-7-22(8-12-24)27-17-29-30-19-35-38(26-5-1-2-6-34(26)43(35)15-3-4-16-43)39-33-18-28-23-9-13-25(14-10-23)42(46)32(28)21-37(33)44(40(30)39)36(29)20-31(27)41/h1-2,5-6,17-25H,3-4,7-16H2. The van der Waals surface area contributed by atoms with Crippen LogP contribution in [0.25, 0.3) is 49.2 Å². The second-order valence-electron chi connectivity index (χ2n) is 16.0. The Morgan fingerprint density at radius 1 is 0.565 bits per heavy atom. The van der Waals surface area contributed by atoms with Crippen molar-refractivity contribution in [2.24, 2.45) is 11.8 Å². The van der Waals surface area contributed by atoms with Crippen molar-refractivity contribution in [3.8, 4) is 11.1 Å². The highest BCUT2D eigenvalue weighted by Crippen LogP contribution is 2.61. The molecule has 2 heterocycles. The summed E-state index contributed by atoms with van der Waals surface area (Å²) >= 11 is 0. The van der Waals surface area contributed by atoms with Crippen LogP contribution in [-0.4, -0.2) is 16.0 Å². The Labute approximate surface area is 268 Å². The van der Waals surface area contributed by atoms with Gasteiger partial charge < -0.3 is 4.40 Å². The van der Waals surface area contributed by atoms with Crippen molar-refractivity contribution in [3.05, 3.63) is 88.0 Å². The van der Waals surface area contributed by atoms with Gasteiger partial charge in [0.2, 0.25) is 0 Å². The van der Waals surface area contributed by atoms with E-state index >= 15 is 0 Å². The number of carbonyl (C=O) groups excluding carboxylic acids is 2. The third-order valence-electron chi connectivity index (χ3n) is 14.2. The molecule has 6 aromatic rings. The van der Waals surface area contributed by atoms with Crippen LogP contribution in [0.4, 0.5) is 0 Å². The fourth-order valence-electron chi connectivity index (χ4n) is 12.1. The lowest BCUT2D eigenvalue weighted by atomic mass is 9.76. The van der Waals surface area contributed by atoms with Gasteiger partial charge in [-0.25, -0.2) is 0 Å². The Balaban J connectivity index is 1.30. The van der Waals surface area contributed by atoms with Gasteiger partial charge in [0.1, 0.15) is 0 Å². The number of hydrogen-bond acceptors (Lipinski definition) is 2. The summed E-state index contributed by atoms with van der Waals surface area (Å²) in [6.45, 7) is 0. The number of fused-ring (bicyclic) bond motifs is 16. The fraction of sp³-hybridized carbons (Fsp3) is 0.395. The average Bonchev–Trinajstić information content (AvgIpc) is 3.79. The van der Waals surface area contributed by atoms with Gasteiger partial charge in [0.05, 0.1) is 16.6 Å². The van der Waals surface area contributed by atoms with Gasteiger partial charge in [-0.15, -0.1) is 0 Å². The van der Waals surface area contributed by atoms with E-state index in [2.05, 4.69) is 59.0 Å². The van der Waals surface area contributed by atoms with Crippen LogP contribution >= 0.6 is 0 Å². The zero-order chi connectivity index (χ0) is 30.1. The summed E-state index contributed by atoms with van der Waals surface area (Å²) < 4.78 is 2.48. The van der Waals surface area contributed by atoms with E-state index < -0.39 is 0 Å². The van der Waals surface area contributed by atoms with Crippen LogP contribution in [0.15, 0.2) is 54.6 Å². The molecule has 4 bridgehead atoms. The van der Waals surface area contributed by atoms with Gasteiger partial charge in [-0.2, -0.15) is 0 Å². The molecule has 0 radical (unpaired) electrons. The van der Waals surface area contributed by atoms with E-state index in [0.717, 1.165) is 73.5 Å². The number of nitrogens with zero attached hydrogens (tertiary/aromatic N) is 1. The molecule has 0 atom stereocenters. The molecule has 14 rings (SSSR count). The first-order valence-electron chi connectivity index (χ1n) is 18.2. The summed E-state index contributed by atoms with van der Waals surface area (Å²) in [5, 5.41) is 5.33. The first kappa shape index (κ1) is 25.2. The van der Waals surface area contributed by atoms with Crippen molar-refractivity contribution in [1.82, 2.24) is 4.40 Å². The molecule has 0 amide bonds. The van der Waals surface area contributed by atoms with Gasteiger partial charge in [0.25, 0.3) is 0 Å². The quantitative estimate of drug-likeness (QED) is 0.174. The molecule has 1 spiro atoms. The molecule has 3 heteroatoms. The van der Waals surface area contributed by atoms with Crippen LogP contribution in [0.1, 0.15) is 132 Å². The maximum Gasteiger partial charge on any atom is 0.166 e. The maximum absolute atomic E-state index is 14.0. The average molecular weight is 600 g/mol. The minimum absolute atomic E-state index is 0.0778. The van der Waals surface area contributed by atoms with Crippen molar-refractivity contribution in [2.45, 2.75) is 94.3 Å². The number of Topliss-reactive ketones (excluding diaryl/α,β-unsaturated/α-hetero) is 2. The second-order valence-corrected chi connectivity index (χ2v) is 16.0. The molecule has 46 heavy (non-hydrogen) atoms. The van der Waals surface area contributed by atoms with Gasteiger partial charge in [-0.1, -0.05) is 37.1 Å². The van der Waals surface area contributed by atoms with Crippen LogP contribution in [0, 0.1) is 11.8 Å². The van der Waals surface area contributed by atoms with E-state index in [4.69, 9.17) is 0 Å². The molecule has 4 aromatic carbocycles. The van der Waals surface area contributed by atoms with Crippen molar-refractivity contribution in [3.63, 3.8) is 0 Å². The number of aromatic nitrogens is 1. The SMILES string of the molecule is O=C1c2cc3c(cc2C2CCC1CC2)c1cc2c(c4c5cc6c(cc5n3c14)C(=O)C1CCC6CC1)-c1ccccc1C21CCCC1. The Morgan fingerprint density at radius 3 is 1.78 bits per heavy atom. The molecule has 8 aliphatic carbocycles. The number of rotatable bonds is 0. The monoisotopic (exact) mass is 599 g/mol. The highest BCUT2D eigenvalue weighted by Gasteiger charge is 2.47. The summed E-state index contributed by atoms with van der Waals surface area (Å²) in [5.41, 5.74) is 14.1. The lowest BCUT2D eigenvalue weighted by Gasteiger charge is -2.26. The Morgan fingerprint density at radius 2 is 1.13 bits per heavy atom. The smallest absolute Gasteiger partial charge is 0.166 e. The first-order chi connectivity index (χ1) is 22.6. The molecule has 3 fully saturated rings. The van der Waals surface area contributed by atoms with Crippen molar-refractivity contribution >= 4 is 49.7 Å². The molecule has 2 aromatic heterocycles. The molecule has 0 saturated heterocycles. The minimum Gasteiger partial charge on any atom is -0.308 e. The molecule has 0 aliphatic heterocycles. The Hall–Kier alpha value is -3.98. The zero-order valence-corrected chi connectivity index (χ0v) is 26.3. The Kier molecular flexibility index (Phi) is 4.53. The van der Waals surface area contributed by atoms with Gasteiger partial charge in [-0.3, -0.25) is 9.59 Å². The summed E-state index contributed by atoms with van der Waals surface area (Å²) in [5.74, 6) is 2.03. The van der Waals surface area contributed by atoms with Gasteiger partial charge >= 0.3 is 0 Å². The lowest BCUT2D eigenvalue weighted by Crippen LogP contribution is -2.20. The third kappa shape index (κ3) is 2.78. The second kappa shape index (κ2) is 8.29. The van der Waals surface area contributed by atoms with Gasteiger partial charge in [0, 0.05) is 49.9 Å². The lowest BCUT2D eigenvalue weighted by molar-refractivity contribution is 0.0891. The highest BCUT2D eigenvalue weighted by atomic mass is 16.1.